The zero-order valence-corrected chi connectivity index (χ0v) is 25.9. The highest BCUT2D eigenvalue weighted by Gasteiger charge is 2.32. The third-order valence-corrected chi connectivity index (χ3v) is 10.6. The Morgan fingerprint density at radius 2 is 1.33 bits per heavy atom. The summed E-state index contributed by atoms with van der Waals surface area (Å²) < 4.78 is 0. The average Bonchev–Trinajstić information content (AvgIpc) is 3.65. The first-order valence-electron chi connectivity index (χ1n) is 16.8. The van der Waals surface area contributed by atoms with Crippen LogP contribution in [-0.2, 0) is 0 Å². The molecule has 4 atom stereocenters. The third-order valence-electron chi connectivity index (χ3n) is 10.6. The summed E-state index contributed by atoms with van der Waals surface area (Å²) in [5.74, 6) is 1.00. The smallest absolute Gasteiger partial charge is 0.0243 e. The fraction of sp³-hybridized carbons (Fsp3) is 0.156. The summed E-state index contributed by atoms with van der Waals surface area (Å²) >= 11 is 0. The standard InChI is InChI=1S/C45H37N/c1-5-14-38-34(10-1)28-35-11-2-6-15-39(35)44(38)32-23-19-30(20-24-32)43(42-18-9-27-46-42)31-21-25-33(26-22-31)45-40-16-7-3-12-36(40)29-37-13-4-8-17-41(37)45/h1-8,10-17,19-26,28-29,38,42-44,46H,9,18,27H2/t38?,42?,43-,44?/m1/s1. The van der Waals surface area contributed by atoms with E-state index in [2.05, 4.69) is 163 Å². The molecule has 0 radical (unpaired) electrons. The van der Waals surface area contributed by atoms with Gasteiger partial charge in [-0.1, -0.05) is 152 Å². The van der Waals surface area contributed by atoms with Gasteiger partial charge in [-0.2, -0.15) is 0 Å². The Hall–Kier alpha value is -4.98. The van der Waals surface area contributed by atoms with Gasteiger partial charge in [0.15, 0.2) is 0 Å². The van der Waals surface area contributed by atoms with Gasteiger partial charge in [0.25, 0.3) is 0 Å². The Balaban J connectivity index is 1.10. The van der Waals surface area contributed by atoms with Crippen molar-refractivity contribution >= 4 is 27.6 Å². The van der Waals surface area contributed by atoms with Crippen molar-refractivity contribution in [2.24, 2.45) is 5.92 Å². The predicted octanol–water partition coefficient (Wildman–Crippen LogP) is 10.8. The van der Waals surface area contributed by atoms with Crippen LogP contribution >= 0.6 is 0 Å². The molecule has 0 aromatic heterocycles. The number of nitrogens with one attached hydrogen (secondary N) is 1. The minimum atomic E-state index is 0.307. The largest absolute Gasteiger partial charge is 0.313 e. The maximum atomic E-state index is 3.85. The number of allylic oxidation sites excluding steroid dienone is 5. The lowest BCUT2D eigenvalue weighted by Gasteiger charge is -2.33. The molecular formula is C45H37N. The van der Waals surface area contributed by atoms with E-state index in [1.165, 1.54) is 78.9 Å². The molecule has 1 heterocycles. The van der Waals surface area contributed by atoms with Gasteiger partial charge in [0.1, 0.15) is 0 Å². The number of rotatable bonds is 5. The molecule has 1 saturated heterocycles. The SMILES string of the molecule is C1=CC2=Cc3ccccc3C(c3ccc([C@H](c4ccc(-c5c6ccccc6cc6ccccc56)cc4)C4CCCN4)cc3)C2C=C1. The van der Waals surface area contributed by atoms with E-state index in [-0.39, 0.29) is 0 Å². The van der Waals surface area contributed by atoms with Crippen LogP contribution in [0.5, 0.6) is 0 Å². The van der Waals surface area contributed by atoms with Gasteiger partial charge in [0.05, 0.1) is 0 Å². The number of hydrogen-bond acceptors (Lipinski definition) is 1. The molecule has 2 aliphatic carbocycles. The Morgan fingerprint density at radius 3 is 2.04 bits per heavy atom. The van der Waals surface area contributed by atoms with Gasteiger partial charge in [-0.05, 0) is 91.5 Å². The van der Waals surface area contributed by atoms with E-state index in [1.807, 2.05) is 0 Å². The first kappa shape index (κ1) is 27.3. The molecule has 3 unspecified atom stereocenters. The van der Waals surface area contributed by atoms with Crippen LogP contribution in [-0.4, -0.2) is 12.6 Å². The predicted molar refractivity (Wildman–Crippen MR) is 194 cm³/mol. The van der Waals surface area contributed by atoms with Crippen molar-refractivity contribution in [2.45, 2.75) is 30.7 Å². The molecule has 1 nitrogen and oxygen atoms in total. The molecule has 0 spiro atoms. The Kier molecular flexibility index (Phi) is 6.79. The van der Waals surface area contributed by atoms with Crippen molar-refractivity contribution in [2.75, 3.05) is 6.54 Å². The van der Waals surface area contributed by atoms with Gasteiger partial charge in [-0.25, -0.2) is 0 Å². The normalized spacial score (nSPS) is 20.8. The molecule has 222 valence electrons. The molecule has 6 aromatic carbocycles. The van der Waals surface area contributed by atoms with Crippen LogP contribution in [0.3, 0.4) is 0 Å². The molecule has 1 aliphatic heterocycles. The van der Waals surface area contributed by atoms with Crippen LogP contribution in [0.25, 0.3) is 38.7 Å². The molecule has 0 saturated carbocycles. The zero-order valence-electron chi connectivity index (χ0n) is 25.9. The van der Waals surface area contributed by atoms with Crippen molar-refractivity contribution in [1.29, 1.82) is 0 Å². The summed E-state index contributed by atoms with van der Waals surface area (Å²) in [6.45, 7) is 1.09. The minimum Gasteiger partial charge on any atom is -0.313 e. The summed E-state index contributed by atoms with van der Waals surface area (Å²) in [6, 6.07) is 48.4. The summed E-state index contributed by atoms with van der Waals surface area (Å²) in [7, 11) is 0. The fourth-order valence-corrected chi connectivity index (χ4v) is 8.45. The van der Waals surface area contributed by atoms with E-state index in [0.717, 1.165) is 6.54 Å². The van der Waals surface area contributed by atoms with Crippen LogP contribution in [0.2, 0.25) is 0 Å². The van der Waals surface area contributed by atoms with Crippen molar-refractivity contribution in [3.05, 3.63) is 185 Å². The van der Waals surface area contributed by atoms with E-state index >= 15 is 0 Å². The van der Waals surface area contributed by atoms with Crippen LogP contribution < -0.4 is 5.32 Å². The molecule has 1 fully saturated rings. The molecule has 6 aromatic rings. The van der Waals surface area contributed by atoms with Crippen molar-refractivity contribution in [3.63, 3.8) is 0 Å². The van der Waals surface area contributed by atoms with Gasteiger partial charge in [-0.15, -0.1) is 0 Å². The van der Waals surface area contributed by atoms with Crippen molar-refractivity contribution in [1.82, 2.24) is 5.32 Å². The van der Waals surface area contributed by atoms with E-state index in [4.69, 9.17) is 0 Å². The van der Waals surface area contributed by atoms with E-state index in [9.17, 15) is 0 Å². The molecule has 9 rings (SSSR count). The Bertz CT molecular complexity index is 2100. The van der Waals surface area contributed by atoms with Gasteiger partial charge in [-0.3, -0.25) is 0 Å². The second-order valence-electron chi connectivity index (χ2n) is 13.2. The van der Waals surface area contributed by atoms with Gasteiger partial charge >= 0.3 is 0 Å². The third kappa shape index (κ3) is 4.66. The van der Waals surface area contributed by atoms with Crippen molar-refractivity contribution in [3.8, 4) is 11.1 Å². The van der Waals surface area contributed by atoms with Crippen LogP contribution in [0.15, 0.2) is 157 Å². The minimum absolute atomic E-state index is 0.307. The quantitative estimate of drug-likeness (QED) is 0.197. The highest BCUT2D eigenvalue weighted by Crippen LogP contribution is 2.45. The van der Waals surface area contributed by atoms with Gasteiger partial charge in [0.2, 0.25) is 0 Å². The fourth-order valence-electron chi connectivity index (χ4n) is 8.45. The average molecular weight is 592 g/mol. The molecule has 0 amide bonds. The highest BCUT2D eigenvalue weighted by atomic mass is 14.9. The molecular weight excluding hydrogens is 555 g/mol. The molecule has 3 aliphatic rings. The lowest BCUT2D eigenvalue weighted by Crippen LogP contribution is -2.29. The summed E-state index contributed by atoms with van der Waals surface area (Å²) in [6.07, 6.45) is 13.9. The first-order chi connectivity index (χ1) is 22.8. The van der Waals surface area contributed by atoms with Crippen LogP contribution in [0, 0.1) is 5.92 Å². The molecule has 1 N–H and O–H groups in total. The van der Waals surface area contributed by atoms with Crippen LogP contribution in [0.4, 0.5) is 0 Å². The zero-order chi connectivity index (χ0) is 30.5. The molecule has 0 bridgehead atoms. The number of fused-ring (bicyclic) bond motifs is 4. The second-order valence-corrected chi connectivity index (χ2v) is 13.2. The van der Waals surface area contributed by atoms with E-state index in [1.54, 1.807) is 0 Å². The number of hydrogen-bond donors (Lipinski definition) is 1. The maximum Gasteiger partial charge on any atom is 0.0243 e. The topological polar surface area (TPSA) is 12.0 Å². The first-order valence-corrected chi connectivity index (χ1v) is 16.8. The summed E-state index contributed by atoms with van der Waals surface area (Å²) in [5, 5.41) is 9.05. The maximum absolute atomic E-state index is 3.85. The number of benzene rings is 6. The Labute approximate surface area is 271 Å². The lowest BCUT2D eigenvalue weighted by atomic mass is 9.70. The van der Waals surface area contributed by atoms with E-state index < -0.39 is 0 Å². The molecule has 46 heavy (non-hydrogen) atoms. The van der Waals surface area contributed by atoms with Gasteiger partial charge < -0.3 is 5.32 Å². The lowest BCUT2D eigenvalue weighted by molar-refractivity contribution is 0.540. The Morgan fingerprint density at radius 1 is 0.652 bits per heavy atom. The monoisotopic (exact) mass is 591 g/mol. The summed E-state index contributed by atoms with van der Waals surface area (Å²) in [5.41, 5.74) is 10.9. The highest BCUT2D eigenvalue weighted by molar-refractivity contribution is 6.12. The van der Waals surface area contributed by atoms with Crippen molar-refractivity contribution < 1.29 is 0 Å². The second kappa shape index (κ2) is 11.4. The van der Waals surface area contributed by atoms with Gasteiger partial charge in [0, 0.05) is 23.8 Å². The summed E-state index contributed by atoms with van der Waals surface area (Å²) in [4.78, 5) is 0. The molecule has 1 heteroatoms. The van der Waals surface area contributed by atoms with Crippen LogP contribution in [0.1, 0.15) is 52.5 Å². The van der Waals surface area contributed by atoms with E-state index in [0.29, 0.717) is 23.8 Å².